The maximum Gasteiger partial charge on any atom is 0.137 e. The van der Waals surface area contributed by atoms with E-state index in [1.165, 1.54) is 6.07 Å². The maximum absolute atomic E-state index is 13.1. The lowest BCUT2D eigenvalue weighted by Crippen LogP contribution is -1.97. The van der Waals surface area contributed by atoms with Crippen molar-refractivity contribution < 1.29 is 14.2 Å². The summed E-state index contributed by atoms with van der Waals surface area (Å²) in [6.07, 6.45) is 0. The minimum absolute atomic E-state index is 0.0557. The Morgan fingerprint density at radius 2 is 1.84 bits per heavy atom. The van der Waals surface area contributed by atoms with Crippen molar-refractivity contribution in [1.29, 1.82) is 0 Å². The number of benzene rings is 2. The lowest BCUT2D eigenvalue weighted by molar-refractivity contribution is 0.277. The first-order chi connectivity index (χ1) is 9.10. The zero-order valence-corrected chi connectivity index (χ0v) is 13.0. The molecule has 0 aliphatic carbocycles. The van der Waals surface area contributed by atoms with Gasteiger partial charge in [0, 0.05) is 4.47 Å². The van der Waals surface area contributed by atoms with E-state index >= 15 is 0 Å². The number of aliphatic hydroxyl groups is 1. The molecule has 0 radical (unpaired) electrons. The summed E-state index contributed by atoms with van der Waals surface area (Å²) in [6.45, 7) is 0.283. The molecule has 0 fully saturated rings. The van der Waals surface area contributed by atoms with E-state index in [0.29, 0.717) is 16.8 Å². The van der Waals surface area contributed by atoms with E-state index in [0.717, 1.165) is 15.6 Å². The van der Waals surface area contributed by atoms with Gasteiger partial charge in [-0.3, -0.25) is 0 Å². The van der Waals surface area contributed by atoms with Crippen LogP contribution in [0.1, 0.15) is 11.1 Å². The Balaban J connectivity index is 2.07. The van der Waals surface area contributed by atoms with Gasteiger partial charge in [-0.05, 0) is 57.4 Å². The van der Waals surface area contributed by atoms with Crippen LogP contribution in [0.25, 0.3) is 0 Å². The van der Waals surface area contributed by atoms with Crippen LogP contribution in [-0.2, 0) is 13.2 Å². The topological polar surface area (TPSA) is 29.5 Å². The molecule has 0 aromatic heterocycles. The number of ether oxygens (including phenoxy) is 1. The van der Waals surface area contributed by atoms with Crippen LogP contribution < -0.4 is 4.74 Å². The molecule has 0 spiro atoms. The SMILES string of the molecule is OCc1cc(OCc2ccc(F)c(Br)c2)ccc1Br. The Kier molecular flexibility index (Phi) is 4.96. The van der Waals surface area contributed by atoms with E-state index in [-0.39, 0.29) is 12.4 Å². The van der Waals surface area contributed by atoms with Crippen molar-refractivity contribution in [2.45, 2.75) is 13.2 Å². The van der Waals surface area contributed by atoms with Gasteiger partial charge in [-0.25, -0.2) is 4.39 Å². The molecule has 5 heteroatoms. The quantitative estimate of drug-likeness (QED) is 0.838. The molecule has 0 aliphatic rings. The number of halogens is 3. The maximum atomic E-state index is 13.1. The summed E-state index contributed by atoms with van der Waals surface area (Å²) in [4.78, 5) is 0. The van der Waals surface area contributed by atoms with Crippen molar-refractivity contribution in [3.8, 4) is 5.75 Å². The highest BCUT2D eigenvalue weighted by Gasteiger charge is 2.04. The predicted molar refractivity (Wildman–Crippen MR) is 78.5 cm³/mol. The summed E-state index contributed by atoms with van der Waals surface area (Å²) >= 11 is 6.48. The van der Waals surface area contributed by atoms with E-state index in [1.54, 1.807) is 18.2 Å². The summed E-state index contributed by atoms with van der Waals surface area (Å²) < 4.78 is 20.0. The molecule has 1 N–H and O–H groups in total. The molecule has 0 aliphatic heterocycles. The molecule has 2 aromatic carbocycles. The van der Waals surface area contributed by atoms with Crippen LogP contribution >= 0.6 is 31.9 Å². The van der Waals surface area contributed by atoms with Gasteiger partial charge in [-0.15, -0.1) is 0 Å². The first-order valence-corrected chi connectivity index (χ1v) is 7.15. The Morgan fingerprint density at radius 3 is 2.53 bits per heavy atom. The zero-order valence-electron chi connectivity index (χ0n) is 9.87. The van der Waals surface area contributed by atoms with E-state index < -0.39 is 0 Å². The molecule has 100 valence electrons. The van der Waals surface area contributed by atoms with Gasteiger partial charge in [0.2, 0.25) is 0 Å². The molecule has 2 nitrogen and oxygen atoms in total. The third kappa shape index (κ3) is 3.78. The second-order valence-electron chi connectivity index (χ2n) is 3.95. The minimum Gasteiger partial charge on any atom is -0.489 e. The highest BCUT2D eigenvalue weighted by atomic mass is 79.9. The van der Waals surface area contributed by atoms with E-state index in [2.05, 4.69) is 31.9 Å². The van der Waals surface area contributed by atoms with Crippen LogP contribution in [0.4, 0.5) is 4.39 Å². The van der Waals surface area contributed by atoms with Crippen molar-refractivity contribution in [2.75, 3.05) is 0 Å². The molecular formula is C14H11Br2FO2. The monoisotopic (exact) mass is 388 g/mol. The van der Waals surface area contributed by atoms with Gasteiger partial charge in [0.15, 0.2) is 0 Å². The van der Waals surface area contributed by atoms with Crippen molar-refractivity contribution >= 4 is 31.9 Å². The van der Waals surface area contributed by atoms with Gasteiger partial charge in [0.1, 0.15) is 18.2 Å². The molecule has 0 saturated carbocycles. The summed E-state index contributed by atoms with van der Waals surface area (Å²) in [6, 6.07) is 10.1. The minimum atomic E-state index is -0.296. The third-order valence-corrected chi connectivity index (χ3v) is 3.96. The Hall–Kier alpha value is -0.910. The van der Waals surface area contributed by atoms with E-state index in [4.69, 9.17) is 9.84 Å². The fourth-order valence-corrected chi connectivity index (χ4v) is 2.36. The molecule has 0 saturated heterocycles. The fraction of sp³-hybridized carbons (Fsp3) is 0.143. The van der Waals surface area contributed by atoms with Crippen molar-refractivity contribution in [2.24, 2.45) is 0 Å². The fourth-order valence-electron chi connectivity index (χ4n) is 1.56. The molecule has 2 aromatic rings. The molecule has 0 unspecified atom stereocenters. The van der Waals surface area contributed by atoms with Gasteiger partial charge in [0.25, 0.3) is 0 Å². The smallest absolute Gasteiger partial charge is 0.137 e. The number of rotatable bonds is 4. The summed E-state index contributed by atoms with van der Waals surface area (Å²) in [5.74, 6) is 0.364. The van der Waals surface area contributed by atoms with Gasteiger partial charge in [0.05, 0.1) is 11.1 Å². The van der Waals surface area contributed by atoms with Gasteiger partial charge >= 0.3 is 0 Å². The first kappa shape index (κ1) is 14.5. The van der Waals surface area contributed by atoms with Crippen molar-refractivity contribution in [1.82, 2.24) is 0 Å². The number of hydrogen-bond donors (Lipinski definition) is 1. The highest BCUT2D eigenvalue weighted by molar-refractivity contribution is 9.10. The standard InChI is InChI=1S/C14H11Br2FO2/c15-12-3-2-11(6-10(12)7-18)19-8-9-1-4-14(17)13(16)5-9/h1-6,18H,7-8H2. The van der Waals surface area contributed by atoms with Crippen LogP contribution in [0.5, 0.6) is 5.75 Å². The Bertz CT molecular complexity index is 588. The summed E-state index contributed by atoms with van der Waals surface area (Å²) in [5.41, 5.74) is 1.62. The second-order valence-corrected chi connectivity index (χ2v) is 5.66. The average molecular weight is 390 g/mol. The van der Waals surface area contributed by atoms with Gasteiger partial charge < -0.3 is 9.84 Å². The van der Waals surface area contributed by atoms with Crippen LogP contribution in [0.2, 0.25) is 0 Å². The third-order valence-electron chi connectivity index (χ3n) is 2.58. The zero-order chi connectivity index (χ0) is 13.8. The Morgan fingerprint density at radius 1 is 1.05 bits per heavy atom. The van der Waals surface area contributed by atoms with Crippen LogP contribution in [0.3, 0.4) is 0 Å². The van der Waals surface area contributed by atoms with Gasteiger partial charge in [-0.1, -0.05) is 22.0 Å². The Labute approximate surface area is 127 Å². The number of aliphatic hydroxyl groups excluding tert-OH is 1. The lowest BCUT2D eigenvalue weighted by Gasteiger charge is -2.09. The molecule has 19 heavy (non-hydrogen) atoms. The number of hydrogen-bond acceptors (Lipinski definition) is 2. The molecule has 0 amide bonds. The van der Waals surface area contributed by atoms with E-state index in [1.807, 2.05) is 12.1 Å². The first-order valence-electron chi connectivity index (χ1n) is 5.56. The van der Waals surface area contributed by atoms with Gasteiger partial charge in [-0.2, -0.15) is 0 Å². The van der Waals surface area contributed by atoms with Crippen LogP contribution in [0, 0.1) is 5.82 Å². The molecule has 0 atom stereocenters. The highest BCUT2D eigenvalue weighted by Crippen LogP contribution is 2.24. The predicted octanol–water partition coefficient (Wildman–Crippen LogP) is 4.42. The van der Waals surface area contributed by atoms with Crippen LogP contribution in [0.15, 0.2) is 45.3 Å². The normalized spacial score (nSPS) is 10.5. The average Bonchev–Trinajstić information content (AvgIpc) is 2.41. The lowest BCUT2D eigenvalue weighted by atomic mass is 10.2. The molecular weight excluding hydrogens is 379 g/mol. The molecule has 0 heterocycles. The summed E-state index contributed by atoms with van der Waals surface area (Å²) in [5, 5.41) is 9.16. The second kappa shape index (κ2) is 6.50. The molecule has 2 rings (SSSR count). The largest absolute Gasteiger partial charge is 0.489 e. The van der Waals surface area contributed by atoms with Crippen molar-refractivity contribution in [3.63, 3.8) is 0 Å². The van der Waals surface area contributed by atoms with Crippen LogP contribution in [-0.4, -0.2) is 5.11 Å². The van der Waals surface area contributed by atoms with E-state index in [9.17, 15) is 4.39 Å². The molecule has 0 bridgehead atoms. The summed E-state index contributed by atoms with van der Waals surface area (Å²) in [7, 11) is 0. The van der Waals surface area contributed by atoms with Crippen molar-refractivity contribution in [3.05, 3.63) is 62.3 Å².